The van der Waals surface area contributed by atoms with Gasteiger partial charge in [0.2, 0.25) is 5.91 Å². The van der Waals surface area contributed by atoms with Gasteiger partial charge in [0, 0.05) is 22.2 Å². The summed E-state index contributed by atoms with van der Waals surface area (Å²) >= 11 is 11.8. The number of benzene rings is 1. The Hall–Kier alpha value is -0.810. The van der Waals surface area contributed by atoms with Crippen molar-refractivity contribution in [2.45, 2.75) is 31.5 Å². The lowest BCUT2D eigenvalue weighted by atomic mass is 10.0. The minimum atomic E-state index is -0.901. The third-order valence-electron chi connectivity index (χ3n) is 3.61. The fourth-order valence-corrected chi connectivity index (χ4v) is 2.99. The van der Waals surface area contributed by atoms with Crippen LogP contribution in [0.3, 0.4) is 0 Å². The third-order valence-corrected chi connectivity index (χ3v) is 4.17. The van der Waals surface area contributed by atoms with Crippen LogP contribution in [0.15, 0.2) is 18.2 Å². The average Bonchev–Trinajstić information content (AvgIpc) is 2.82. The van der Waals surface area contributed by atoms with E-state index in [-0.39, 0.29) is 18.4 Å². The molecule has 1 amide bonds. The van der Waals surface area contributed by atoms with Crippen molar-refractivity contribution < 1.29 is 15.0 Å². The van der Waals surface area contributed by atoms with Crippen molar-refractivity contribution in [1.29, 1.82) is 0 Å². The Balaban J connectivity index is 1.91. The molecule has 1 aromatic rings. The van der Waals surface area contributed by atoms with Gasteiger partial charge in [-0.15, -0.1) is 0 Å². The molecule has 110 valence electrons. The zero-order valence-electron chi connectivity index (χ0n) is 10.9. The zero-order chi connectivity index (χ0) is 14.7. The number of nitrogens with one attached hydrogen (secondary N) is 1. The lowest BCUT2D eigenvalue weighted by molar-refractivity contribution is -0.128. The molecule has 6 heteroatoms. The molecule has 1 aliphatic rings. The lowest BCUT2D eigenvalue weighted by Gasteiger charge is -2.17. The van der Waals surface area contributed by atoms with Crippen LogP contribution >= 0.6 is 23.2 Å². The van der Waals surface area contributed by atoms with Crippen LogP contribution in [0.4, 0.5) is 0 Å². The van der Waals surface area contributed by atoms with Gasteiger partial charge in [-0.2, -0.15) is 0 Å². The van der Waals surface area contributed by atoms with E-state index in [0.717, 1.165) is 6.42 Å². The molecular formula is C14H17Cl2NO3. The maximum Gasteiger partial charge on any atom is 0.225 e. The van der Waals surface area contributed by atoms with E-state index in [9.17, 15) is 15.0 Å². The highest BCUT2D eigenvalue weighted by molar-refractivity contribution is 6.35. The van der Waals surface area contributed by atoms with E-state index >= 15 is 0 Å². The van der Waals surface area contributed by atoms with E-state index in [1.807, 2.05) is 0 Å². The molecule has 0 bridgehead atoms. The summed E-state index contributed by atoms with van der Waals surface area (Å²) in [6.45, 7) is 0.0589. The number of rotatable bonds is 4. The van der Waals surface area contributed by atoms with Gasteiger partial charge in [0.05, 0.1) is 18.1 Å². The topological polar surface area (TPSA) is 69.6 Å². The molecule has 0 radical (unpaired) electrons. The maximum absolute atomic E-state index is 11.9. The number of aliphatic hydroxyl groups is 2. The Kier molecular flexibility index (Phi) is 5.27. The number of hydrogen-bond donors (Lipinski definition) is 3. The summed E-state index contributed by atoms with van der Waals surface area (Å²) in [5.74, 6) is -0.595. The third kappa shape index (κ3) is 3.64. The Labute approximate surface area is 127 Å². The molecule has 2 rings (SSSR count). The number of halogens is 2. The van der Waals surface area contributed by atoms with Gasteiger partial charge >= 0.3 is 0 Å². The summed E-state index contributed by atoms with van der Waals surface area (Å²) in [7, 11) is 0. The van der Waals surface area contributed by atoms with Crippen molar-refractivity contribution in [1.82, 2.24) is 5.32 Å². The van der Waals surface area contributed by atoms with Crippen LogP contribution in [0.2, 0.25) is 10.0 Å². The molecule has 0 aliphatic heterocycles. The van der Waals surface area contributed by atoms with Crippen LogP contribution in [-0.2, 0) is 4.79 Å². The van der Waals surface area contributed by atoms with Crippen molar-refractivity contribution >= 4 is 29.1 Å². The Bertz CT molecular complexity index is 495. The second kappa shape index (κ2) is 6.76. The van der Waals surface area contributed by atoms with Gasteiger partial charge in [-0.05, 0) is 31.4 Å². The number of amides is 1. The average molecular weight is 318 g/mol. The second-order valence-corrected chi connectivity index (χ2v) is 5.88. The van der Waals surface area contributed by atoms with E-state index in [0.29, 0.717) is 28.5 Å². The van der Waals surface area contributed by atoms with Crippen molar-refractivity contribution in [2.24, 2.45) is 5.92 Å². The quantitative estimate of drug-likeness (QED) is 0.798. The first-order valence-electron chi connectivity index (χ1n) is 6.58. The standard InChI is InChI=1S/C14H17Cl2NO3/c15-8-4-5-9(11(16)6-8)13(19)7-17-14(20)10-2-1-3-12(10)18/h4-6,10,12-13,18-19H,1-3,7H2,(H,17,20). The molecule has 3 unspecified atom stereocenters. The van der Waals surface area contributed by atoms with Gasteiger partial charge in [0.25, 0.3) is 0 Å². The van der Waals surface area contributed by atoms with Crippen LogP contribution in [0.5, 0.6) is 0 Å². The molecule has 3 atom stereocenters. The molecule has 1 saturated carbocycles. The fourth-order valence-electron chi connectivity index (χ4n) is 2.46. The maximum atomic E-state index is 11.9. The minimum Gasteiger partial charge on any atom is -0.392 e. The highest BCUT2D eigenvalue weighted by Gasteiger charge is 2.31. The Morgan fingerprint density at radius 2 is 2.15 bits per heavy atom. The largest absolute Gasteiger partial charge is 0.392 e. The Morgan fingerprint density at radius 3 is 2.75 bits per heavy atom. The lowest BCUT2D eigenvalue weighted by Crippen LogP contribution is -2.37. The predicted molar refractivity (Wildman–Crippen MR) is 77.8 cm³/mol. The second-order valence-electron chi connectivity index (χ2n) is 5.03. The van der Waals surface area contributed by atoms with Crippen molar-refractivity contribution in [3.8, 4) is 0 Å². The molecule has 0 aromatic heterocycles. The van der Waals surface area contributed by atoms with Crippen LogP contribution in [0.1, 0.15) is 30.9 Å². The summed E-state index contributed by atoms with van der Waals surface area (Å²) < 4.78 is 0. The van der Waals surface area contributed by atoms with E-state index in [4.69, 9.17) is 23.2 Å². The van der Waals surface area contributed by atoms with E-state index in [1.165, 1.54) is 0 Å². The molecule has 1 aliphatic carbocycles. The molecule has 0 spiro atoms. The van der Waals surface area contributed by atoms with Gasteiger partial charge < -0.3 is 15.5 Å². The van der Waals surface area contributed by atoms with E-state index < -0.39 is 12.2 Å². The highest BCUT2D eigenvalue weighted by atomic mass is 35.5. The minimum absolute atomic E-state index is 0.0589. The van der Waals surface area contributed by atoms with Crippen LogP contribution in [-0.4, -0.2) is 28.8 Å². The molecule has 3 N–H and O–H groups in total. The monoisotopic (exact) mass is 317 g/mol. The van der Waals surface area contributed by atoms with Crippen molar-refractivity contribution in [3.05, 3.63) is 33.8 Å². The summed E-state index contributed by atoms with van der Waals surface area (Å²) in [6.07, 6.45) is 0.716. The molecule has 1 aromatic carbocycles. The van der Waals surface area contributed by atoms with Gasteiger partial charge in [0.15, 0.2) is 0 Å². The SMILES string of the molecule is O=C(NCC(O)c1ccc(Cl)cc1Cl)C1CCCC1O. The predicted octanol–water partition coefficient (Wildman–Crippen LogP) is 2.30. The molecule has 0 saturated heterocycles. The van der Waals surface area contributed by atoms with Gasteiger partial charge in [0.1, 0.15) is 0 Å². The van der Waals surface area contributed by atoms with E-state index in [1.54, 1.807) is 18.2 Å². The van der Waals surface area contributed by atoms with Crippen molar-refractivity contribution in [2.75, 3.05) is 6.54 Å². The van der Waals surface area contributed by atoms with Gasteiger partial charge in [-0.1, -0.05) is 29.3 Å². The number of carbonyl (C=O) groups excluding carboxylic acids is 1. The van der Waals surface area contributed by atoms with Gasteiger partial charge in [-0.3, -0.25) is 4.79 Å². The summed E-state index contributed by atoms with van der Waals surface area (Å²) in [6, 6.07) is 4.81. The first kappa shape index (κ1) is 15.6. The van der Waals surface area contributed by atoms with Crippen LogP contribution < -0.4 is 5.32 Å². The summed E-state index contributed by atoms with van der Waals surface area (Å²) in [5, 5.41) is 23.2. The molecule has 1 fully saturated rings. The number of hydrogen-bond acceptors (Lipinski definition) is 3. The molecule has 0 heterocycles. The first-order valence-corrected chi connectivity index (χ1v) is 7.33. The Morgan fingerprint density at radius 1 is 1.40 bits per heavy atom. The zero-order valence-corrected chi connectivity index (χ0v) is 12.4. The number of carbonyl (C=O) groups is 1. The van der Waals surface area contributed by atoms with Crippen LogP contribution in [0.25, 0.3) is 0 Å². The summed E-state index contributed by atoms with van der Waals surface area (Å²) in [4.78, 5) is 11.9. The summed E-state index contributed by atoms with van der Waals surface area (Å²) in [5.41, 5.74) is 0.517. The van der Waals surface area contributed by atoms with E-state index in [2.05, 4.69) is 5.32 Å². The number of aliphatic hydroxyl groups excluding tert-OH is 2. The first-order chi connectivity index (χ1) is 9.49. The highest BCUT2D eigenvalue weighted by Crippen LogP contribution is 2.27. The molecule has 20 heavy (non-hydrogen) atoms. The normalized spacial score (nSPS) is 23.6. The van der Waals surface area contributed by atoms with Crippen LogP contribution in [0, 0.1) is 5.92 Å². The van der Waals surface area contributed by atoms with Gasteiger partial charge in [-0.25, -0.2) is 0 Å². The molecular weight excluding hydrogens is 301 g/mol. The molecule has 4 nitrogen and oxygen atoms in total. The fraction of sp³-hybridized carbons (Fsp3) is 0.500. The smallest absolute Gasteiger partial charge is 0.225 e. The van der Waals surface area contributed by atoms with Crippen molar-refractivity contribution in [3.63, 3.8) is 0 Å².